The third-order valence-corrected chi connectivity index (χ3v) is 5.18. The lowest BCUT2D eigenvalue weighted by atomic mass is 9.94. The molecule has 1 aromatic carbocycles. The molecule has 0 heterocycles. The summed E-state index contributed by atoms with van der Waals surface area (Å²) in [6.07, 6.45) is -4.01. The van der Waals surface area contributed by atoms with Crippen molar-refractivity contribution < 1.29 is 32.0 Å². The van der Waals surface area contributed by atoms with Gasteiger partial charge < -0.3 is 18.8 Å². The topological polar surface area (TPSA) is 70.6 Å². The number of benzene rings is 1. The summed E-state index contributed by atoms with van der Waals surface area (Å²) in [7, 11) is 2.63. The summed E-state index contributed by atoms with van der Waals surface area (Å²) in [4.78, 5) is 11.5. The molecule has 0 fully saturated rings. The zero-order valence-corrected chi connectivity index (χ0v) is 16.2. The molecule has 1 N–H and O–H groups in total. The molecule has 0 bridgehead atoms. The number of carbonyl (C=O) groups excluding carboxylic acids is 1. The molecule has 0 saturated carbocycles. The third-order valence-electron chi connectivity index (χ3n) is 3.60. The van der Waals surface area contributed by atoms with Gasteiger partial charge in [0.15, 0.2) is 0 Å². The second-order valence-electron chi connectivity index (χ2n) is 6.72. The predicted octanol–water partition coefficient (Wildman–Crippen LogP) is 3.27. The second-order valence-corrected chi connectivity index (χ2v) is 8.72. The van der Waals surface area contributed by atoms with E-state index < -0.39 is 39.8 Å². The van der Waals surface area contributed by atoms with Crippen molar-refractivity contribution in [2.45, 2.75) is 37.7 Å². The summed E-state index contributed by atoms with van der Waals surface area (Å²) in [6.45, 7) is 5.10. The quantitative estimate of drug-likeness (QED) is 0.540. The first-order valence-corrected chi connectivity index (χ1v) is 8.97. The summed E-state index contributed by atoms with van der Waals surface area (Å²) in [5.41, 5.74) is -0.773. The highest BCUT2D eigenvalue weighted by Crippen LogP contribution is 2.36. The first-order chi connectivity index (χ1) is 11.9. The van der Waals surface area contributed by atoms with Crippen LogP contribution >= 0.6 is 0 Å². The Balaban J connectivity index is 3.43. The van der Waals surface area contributed by atoms with Crippen molar-refractivity contribution in [3.63, 3.8) is 0 Å². The minimum Gasteiger partial charge on any atom is -0.598 e. The smallest absolute Gasteiger partial charge is 0.416 e. The highest BCUT2D eigenvalue weighted by Gasteiger charge is 2.36. The van der Waals surface area contributed by atoms with E-state index in [4.69, 9.17) is 9.47 Å². The van der Waals surface area contributed by atoms with Gasteiger partial charge in [-0.3, -0.25) is 0 Å². The summed E-state index contributed by atoms with van der Waals surface area (Å²) in [6, 6.07) is 2.24. The molecule has 26 heavy (non-hydrogen) atoms. The van der Waals surface area contributed by atoms with Gasteiger partial charge in [0.25, 0.3) is 0 Å². The molecule has 1 aromatic rings. The highest BCUT2D eigenvalue weighted by atomic mass is 32.2. The van der Waals surface area contributed by atoms with Gasteiger partial charge in [-0.05, 0) is 44.5 Å². The average Bonchev–Trinajstić information content (AvgIpc) is 2.55. The first-order valence-electron chi connectivity index (χ1n) is 7.82. The lowest BCUT2D eigenvalue weighted by Crippen LogP contribution is -2.44. The van der Waals surface area contributed by atoms with Crippen LogP contribution < -0.4 is 9.46 Å². The van der Waals surface area contributed by atoms with E-state index >= 15 is 0 Å². The monoisotopic (exact) mass is 395 g/mol. The summed E-state index contributed by atoms with van der Waals surface area (Å²) in [5, 5.41) is 0. The van der Waals surface area contributed by atoms with Gasteiger partial charge >= 0.3 is 6.18 Å². The van der Waals surface area contributed by atoms with Crippen LogP contribution in [0.1, 0.15) is 37.9 Å². The van der Waals surface area contributed by atoms with E-state index in [0.29, 0.717) is 6.29 Å². The third kappa shape index (κ3) is 6.15. The number of carbonyl (C=O) groups is 1. The van der Waals surface area contributed by atoms with Gasteiger partial charge in [-0.25, -0.2) is 0 Å². The Hall–Kier alpha value is -1.29. The molecule has 1 rings (SSSR count). The normalized spacial score (nSPS) is 16.0. The van der Waals surface area contributed by atoms with E-state index in [2.05, 4.69) is 4.72 Å². The van der Waals surface area contributed by atoms with Crippen molar-refractivity contribution in [2.24, 2.45) is 5.92 Å². The molecule has 0 aliphatic heterocycles. The van der Waals surface area contributed by atoms with Crippen LogP contribution in [0.4, 0.5) is 13.2 Å². The SMILES string of the molecule is COCC(C=O)[C@H](N[S@+]([O-])C(C)(C)C)c1cc(OC)cc(C(F)(F)F)c1. The van der Waals surface area contributed by atoms with Crippen molar-refractivity contribution in [3.05, 3.63) is 29.3 Å². The molecule has 0 aliphatic rings. The molecule has 0 radical (unpaired) electrons. The van der Waals surface area contributed by atoms with Gasteiger partial charge in [-0.2, -0.15) is 13.2 Å². The number of aldehydes is 1. The van der Waals surface area contributed by atoms with E-state index in [1.165, 1.54) is 20.3 Å². The lowest BCUT2D eigenvalue weighted by molar-refractivity contribution is -0.137. The predicted molar refractivity (Wildman–Crippen MR) is 93.2 cm³/mol. The van der Waals surface area contributed by atoms with Crippen molar-refractivity contribution in [1.82, 2.24) is 4.72 Å². The van der Waals surface area contributed by atoms with Crippen molar-refractivity contribution in [1.29, 1.82) is 0 Å². The zero-order chi connectivity index (χ0) is 20.1. The van der Waals surface area contributed by atoms with Crippen LogP contribution in [0.15, 0.2) is 18.2 Å². The van der Waals surface area contributed by atoms with Crippen LogP contribution in [0, 0.1) is 5.92 Å². The van der Waals surface area contributed by atoms with E-state index in [-0.39, 0.29) is 17.9 Å². The van der Waals surface area contributed by atoms with E-state index in [1.54, 1.807) is 20.8 Å². The maximum absolute atomic E-state index is 13.2. The number of nitrogens with one attached hydrogen (secondary N) is 1. The van der Waals surface area contributed by atoms with E-state index in [0.717, 1.165) is 12.1 Å². The van der Waals surface area contributed by atoms with Gasteiger partial charge in [0, 0.05) is 18.5 Å². The average molecular weight is 395 g/mol. The summed E-state index contributed by atoms with van der Waals surface area (Å²) in [5.74, 6) is -0.843. The molecular formula is C17H24F3NO4S. The fourth-order valence-corrected chi connectivity index (χ4v) is 3.08. The second kappa shape index (κ2) is 9.07. The molecular weight excluding hydrogens is 371 g/mol. The number of hydrogen-bond donors (Lipinski definition) is 1. The number of rotatable bonds is 8. The Labute approximate surface area is 154 Å². The maximum Gasteiger partial charge on any atom is 0.416 e. The van der Waals surface area contributed by atoms with Crippen LogP contribution in [0.3, 0.4) is 0 Å². The minimum atomic E-state index is -4.59. The fraction of sp³-hybridized carbons (Fsp3) is 0.588. The summed E-state index contributed by atoms with van der Waals surface area (Å²) >= 11 is -1.62. The van der Waals surface area contributed by atoms with Gasteiger partial charge in [0.05, 0.1) is 31.2 Å². The number of methoxy groups -OCH3 is 2. The van der Waals surface area contributed by atoms with Crippen molar-refractivity contribution in [2.75, 3.05) is 20.8 Å². The van der Waals surface area contributed by atoms with Crippen LogP contribution in [-0.2, 0) is 27.1 Å². The van der Waals surface area contributed by atoms with Gasteiger partial charge in [-0.1, -0.05) is 0 Å². The lowest BCUT2D eigenvalue weighted by Gasteiger charge is -2.30. The number of ether oxygens (including phenoxy) is 2. The molecule has 0 amide bonds. The summed E-state index contributed by atoms with van der Waals surface area (Å²) < 4.78 is 64.2. The fourth-order valence-electron chi connectivity index (χ4n) is 2.18. The van der Waals surface area contributed by atoms with Gasteiger partial charge in [0.1, 0.15) is 16.8 Å². The highest BCUT2D eigenvalue weighted by molar-refractivity contribution is 7.90. The number of halogens is 3. The molecule has 9 heteroatoms. The molecule has 1 unspecified atom stereocenters. The van der Waals surface area contributed by atoms with Gasteiger partial charge in [-0.15, -0.1) is 4.72 Å². The van der Waals surface area contributed by atoms with Crippen molar-refractivity contribution >= 4 is 17.6 Å². The minimum absolute atomic E-state index is 0.00904. The Kier molecular flexibility index (Phi) is 7.94. The molecule has 0 spiro atoms. The first kappa shape index (κ1) is 22.8. The standard InChI is InChI=1S/C17H24F3NO4S/c1-16(2,3)26(23)21-15(12(9-22)10-24-4)11-6-13(17(18,19)20)8-14(7-11)25-5/h6-9,12,15,21H,10H2,1-5H3/t12?,15-,26-/m1/s1. The molecule has 0 aromatic heterocycles. The molecule has 0 aliphatic carbocycles. The van der Waals surface area contributed by atoms with Crippen molar-refractivity contribution in [3.8, 4) is 5.75 Å². The Morgan fingerprint density at radius 3 is 2.27 bits per heavy atom. The number of hydrogen-bond acceptors (Lipinski definition) is 5. The van der Waals surface area contributed by atoms with Crippen LogP contribution in [0.25, 0.3) is 0 Å². The Morgan fingerprint density at radius 2 is 1.85 bits per heavy atom. The van der Waals surface area contributed by atoms with Gasteiger partial charge in [0.2, 0.25) is 0 Å². The molecule has 3 atom stereocenters. The molecule has 0 saturated heterocycles. The Bertz CT molecular complexity index is 605. The molecule has 5 nitrogen and oxygen atoms in total. The van der Waals surface area contributed by atoms with Crippen LogP contribution in [-0.4, -0.2) is 36.4 Å². The zero-order valence-electron chi connectivity index (χ0n) is 15.3. The van der Waals surface area contributed by atoms with E-state index in [1.807, 2.05) is 0 Å². The van der Waals surface area contributed by atoms with Crippen LogP contribution in [0.2, 0.25) is 0 Å². The van der Waals surface area contributed by atoms with E-state index in [9.17, 15) is 22.5 Å². The van der Waals surface area contributed by atoms with Crippen LogP contribution in [0.5, 0.6) is 5.75 Å². The largest absolute Gasteiger partial charge is 0.598 e. The Morgan fingerprint density at radius 1 is 1.23 bits per heavy atom. The molecule has 148 valence electrons. The number of alkyl halides is 3. The maximum atomic E-state index is 13.2.